The van der Waals surface area contributed by atoms with Gasteiger partial charge in [0.25, 0.3) is 0 Å². The second-order valence-electron chi connectivity index (χ2n) is 1.25. The van der Waals surface area contributed by atoms with Crippen molar-refractivity contribution in [1.29, 1.82) is 0 Å². The lowest BCUT2D eigenvalue weighted by Gasteiger charge is -2.00. The lowest BCUT2D eigenvalue weighted by Crippen LogP contribution is -2.11. The number of aliphatic hydroxyl groups excluding tert-OH is 1. The Morgan fingerprint density at radius 2 is 2.71 bits per heavy atom. The number of ether oxygens (including phenoxy) is 2. The van der Waals surface area contributed by atoms with E-state index in [1.807, 2.05) is 0 Å². The third-order valence-corrected chi connectivity index (χ3v) is 0.747. The first kappa shape index (κ1) is 5.03. The highest BCUT2D eigenvalue weighted by Gasteiger charge is 2.13. The van der Waals surface area contributed by atoms with Crippen LogP contribution in [0.5, 0.6) is 0 Å². The zero-order valence-electron chi connectivity index (χ0n) is 3.83. The number of aliphatic hydroxyl groups is 1. The van der Waals surface area contributed by atoms with E-state index in [4.69, 9.17) is 14.6 Å². The zero-order chi connectivity index (χ0) is 5.11. The Labute approximate surface area is 41.8 Å². The Bertz CT molecular complexity index is 48.9. The first-order valence-electron chi connectivity index (χ1n) is 2.13. The lowest BCUT2D eigenvalue weighted by molar-refractivity contribution is -0.0676. The third-order valence-electron chi connectivity index (χ3n) is 0.747. The van der Waals surface area contributed by atoms with Gasteiger partial charge in [0.15, 0.2) is 6.29 Å². The fourth-order valence-electron chi connectivity index (χ4n) is 0.428. The fraction of sp³-hybridized carbons (Fsp3) is 0.750. The molecule has 7 heavy (non-hydrogen) atoms. The van der Waals surface area contributed by atoms with Crippen molar-refractivity contribution in [3.63, 3.8) is 0 Å². The molecule has 1 radical (unpaired) electrons. The highest BCUT2D eigenvalue weighted by atomic mass is 16.7. The summed E-state index contributed by atoms with van der Waals surface area (Å²) in [7, 11) is 0. The van der Waals surface area contributed by atoms with Gasteiger partial charge in [0.2, 0.25) is 0 Å². The molecule has 0 saturated carbocycles. The van der Waals surface area contributed by atoms with Crippen LogP contribution >= 0.6 is 0 Å². The van der Waals surface area contributed by atoms with E-state index in [2.05, 4.69) is 0 Å². The maximum Gasteiger partial charge on any atom is 0.181 e. The first-order valence-corrected chi connectivity index (χ1v) is 2.13. The molecule has 1 saturated heterocycles. The molecule has 1 aliphatic heterocycles. The normalized spacial score (nSPS) is 23.6. The van der Waals surface area contributed by atoms with Crippen molar-refractivity contribution in [3.05, 3.63) is 6.61 Å². The summed E-state index contributed by atoms with van der Waals surface area (Å²) < 4.78 is 9.48. The quantitative estimate of drug-likeness (QED) is 0.487. The minimum Gasteiger partial charge on any atom is -0.391 e. The Balaban J connectivity index is 2.14. The maximum absolute atomic E-state index is 8.30. The Kier molecular flexibility index (Phi) is 1.62. The molecule has 41 valence electrons. The molecule has 0 aliphatic carbocycles. The third kappa shape index (κ3) is 1.12. The standard InChI is InChI=1S/C4H7O3/c5-3-4-6-1-2-7-4/h1,4-5H,2-3H2. The molecule has 1 N–H and O–H groups in total. The molecule has 0 aromatic rings. The second-order valence-corrected chi connectivity index (χ2v) is 1.25. The smallest absolute Gasteiger partial charge is 0.181 e. The van der Waals surface area contributed by atoms with Gasteiger partial charge in [-0.05, 0) is 0 Å². The fourth-order valence-corrected chi connectivity index (χ4v) is 0.428. The molecule has 1 atom stereocenters. The van der Waals surface area contributed by atoms with Crippen LogP contribution in [0.3, 0.4) is 0 Å². The molecule has 1 fully saturated rings. The van der Waals surface area contributed by atoms with Gasteiger partial charge in [0.1, 0.15) is 6.61 Å². The van der Waals surface area contributed by atoms with Gasteiger partial charge in [0, 0.05) is 0 Å². The van der Waals surface area contributed by atoms with Gasteiger partial charge in [-0.15, -0.1) is 0 Å². The summed E-state index contributed by atoms with van der Waals surface area (Å²) in [5.41, 5.74) is 0. The summed E-state index contributed by atoms with van der Waals surface area (Å²) in [6.07, 6.45) is -0.403. The van der Waals surface area contributed by atoms with Crippen molar-refractivity contribution in [3.8, 4) is 0 Å². The topological polar surface area (TPSA) is 38.7 Å². The molecule has 0 spiro atoms. The summed E-state index contributed by atoms with van der Waals surface area (Å²) >= 11 is 0. The van der Waals surface area contributed by atoms with Crippen molar-refractivity contribution >= 4 is 0 Å². The van der Waals surface area contributed by atoms with E-state index in [9.17, 15) is 0 Å². The van der Waals surface area contributed by atoms with Crippen molar-refractivity contribution in [2.45, 2.75) is 6.29 Å². The van der Waals surface area contributed by atoms with Crippen LogP contribution in [0.15, 0.2) is 0 Å². The van der Waals surface area contributed by atoms with Gasteiger partial charge in [-0.1, -0.05) is 0 Å². The van der Waals surface area contributed by atoms with E-state index in [-0.39, 0.29) is 6.61 Å². The van der Waals surface area contributed by atoms with Crippen LogP contribution in [0.4, 0.5) is 0 Å². The molecule has 1 unspecified atom stereocenters. The molecule has 1 aliphatic rings. The van der Waals surface area contributed by atoms with Crippen molar-refractivity contribution in [2.24, 2.45) is 0 Å². The van der Waals surface area contributed by atoms with Gasteiger partial charge in [-0.3, -0.25) is 0 Å². The van der Waals surface area contributed by atoms with Gasteiger partial charge in [-0.25, -0.2) is 0 Å². The van der Waals surface area contributed by atoms with Crippen LogP contribution in [0, 0.1) is 6.61 Å². The molecule has 0 amide bonds. The van der Waals surface area contributed by atoms with Crippen LogP contribution in [0.25, 0.3) is 0 Å². The van der Waals surface area contributed by atoms with E-state index in [0.717, 1.165) is 0 Å². The summed E-state index contributed by atoms with van der Waals surface area (Å²) in [5, 5.41) is 8.30. The van der Waals surface area contributed by atoms with Crippen LogP contribution in [0.2, 0.25) is 0 Å². The zero-order valence-corrected chi connectivity index (χ0v) is 3.83. The molecule has 3 nitrogen and oxygen atoms in total. The maximum atomic E-state index is 8.30. The average Bonchev–Trinajstić information content (AvgIpc) is 2.14. The molecular formula is C4H7O3. The van der Waals surface area contributed by atoms with Crippen molar-refractivity contribution in [2.75, 3.05) is 13.2 Å². The van der Waals surface area contributed by atoms with E-state index in [1.54, 1.807) is 0 Å². The van der Waals surface area contributed by atoms with Crippen molar-refractivity contribution < 1.29 is 14.6 Å². The summed E-state index contributed by atoms with van der Waals surface area (Å²) in [6.45, 7) is 1.96. The SMILES string of the molecule is OCC1O[CH]CO1. The molecule has 3 heteroatoms. The van der Waals surface area contributed by atoms with E-state index >= 15 is 0 Å². The molecule has 0 aromatic heterocycles. The van der Waals surface area contributed by atoms with Crippen molar-refractivity contribution in [1.82, 2.24) is 0 Å². The van der Waals surface area contributed by atoms with Gasteiger partial charge in [-0.2, -0.15) is 0 Å². The first-order chi connectivity index (χ1) is 3.43. The summed E-state index contributed by atoms with van der Waals surface area (Å²) in [5.74, 6) is 0. The molecule has 1 rings (SSSR count). The lowest BCUT2D eigenvalue weighted by atomic mass is 10.7. The Morgan fingerprint density at radius 1 is 1.86 bits per heavy atom. The van der Waals surface area contributed by atoms with Crippen LogP contribution in [-0.2, 0) is 9.47 Å². The van der Waals surface area contributed by atoms with Gasteiger partial charge < -0.3 is 14.6 Å². The summed E-state index contributed by atoms with van der Waals surface area (Å²) in [4.78, 5) is 0. The van der Waals surface area contributed by atoms with E-state index < -0.39 is 6.29 Å². The van der Waals surface area contributed by atoms with E-state index in [0.29, 0.717) is 6.61 Å². The largest absolute Gasteiger partial charge is 0.391 e. The molecule has 1 heterocycles. The highest BCUT2D eigenvalue weighted by molar-refractivity contribution is 4.58. The van der Waals surface area contributed by atoms with Crippen LogP contribution in [0.1, 0.15) is 0 Å². The summed E-state index contributed by atoms with van der Waals surface area (Å²) in [6, 6.07) is 0. The van der Waals surface area contributed by atoms with Crippen LogP contribution in [-0.4, -0.2) is 24.6 Å². The predicted molar refractivity (Wildman–Crippen MR) is 22.2 cm³/mol. The van der Waals surface area contributed by atoms with Gasteiger partial charge in [0.05, 0.1) is 13.2 Å². The number of hydrogen-bond acceptors (Lipinski definition) is 3. The minimum absolute atomic E-state index is 0.0590. The Hall–Kier alpha value is -0.120. The predicted octanol–water partition coefficient (Wildman–Crippen LogP) is -0.487. The Morgan fingerprint density at radius 3 is 3.00 bits per heavy atom. The average molecular weight is 103 g/mol. The molecule has 0 bridgehead atoms. The van der Waals surface area contributed by atoms with Gasteiger partial charge >= 0.3 is 0 Å². The molecular weight excluding hydrogens is 96.0 g/mol. The number of hydrogen-bond donors (Lipinski definition) is 1. The van der Waals surface area contributed by atoms with E-state index in [1.165, 1.54) is 6.61 Å². The number of rotatable bonds is 1. The van der Waals surface area contributed by atoms with Crippen LogP contribution < -0.4 is 0 Å². The second kappa shape index (κ2) is 2.26. The highest BCUT2D eigenvalue weighted by Crippen LogP contribution is 2.04. The molecule has 0 aromatic carbocycles. The minimum atomic E-state index is -0.403. The monoisotopic (exact) mass is 103 g/mol.